The highest BCUT2D eigenvalue weighted by molar-refractivity contribution is 6.07. The molecule has 1 unspecified atom stereocenters. The molecule has 6 atom stereocenters. The predicted molar refractivity (Wildman–Crippen MR) is 178 cm³/mol. The van der Waals surface area contributed by atoms with Crippen LogP contribution < -0.4 is 14.5 Å². The summed E-state index contributed by atoms with van der Waals surface area (Å²) in [5, 5.41) is 10.8. The van der Waals surface area contributed by atoms with Crippen molar-refractivity contribution in [1.82, 2.24) is 4.90 Å². The van der Waals surface area contributed by atoms with Gasteiger partial charge in [0, 0.05) is 24.5 Å². The van der Waals surface area contributed by atoms with Crippen LogP contribution in [-0.2, 0) is 19.1 Å². The predicted octanol–water partition coefficient (Wildman–Crippen LogP) is 4.52. The second kappa shape index (κ2) is 12.1. The van der Waals surface area contributed by atoms with E-state index >= 15 is 0 Å². The number of ether oxygens (including phenoxy) is 2. The molecule has 242 valence electrons. The molecule has 1 spiro atoms. The maximum atomic E-state index is 15.0. The zero-order valence-corrected chi connectivity index (χ0v) is 26.8. The van der Waals surface area contributed by atoms with Crippen LogP contribution >= 0.6 is 0 Å². The molecule has 3 aromatic carbocycles. The van der Waals surface area contributed by atoms with Gasteiger partial charge in [-0.05, 0) is 67.8 Å². The summed E-state index contributed by atoms with van der Waals surface area (Å²) in [4.78, 5) is 49.3. The molecule has 0 aliphatic carbocycles. The lowest BCUT2D eigenvalue weighted by Crippen LogP contribution is -2.56. The van der Waals surface area contributed by atoms with Crippen LogP contribution in [0.3, 0.4) is 0 Å². The minimum absolute atomic E-state index is 0.253. The number of carbonyl (C=O) groups excluding carboxylic acids is 3. The Bertz CT molecular complexity index is 1750. The third-order valence-corrected chi connectivity index (χ3v) is 9.90. The van der Waals surface area contributed by atoms with Gasteiger partial charge in [-0.15, -0.1) is 0 Å². The highest BCUT2D eigenvalue weighted by Crippen LogP contribution is 2.55. The number of anilines is 2. The average Bonchev–Trinajstić information content (AvgIpc) is 3.39. The van der Waals surface area contributed by atoms with Gasteiger partial charge in [0.2, 0.25) is 11.8 Å². The van der Waals surface area contributed by atoms with E-state index in [4.69, 9.17) is 9.47 Å². The van der Waals surface area contributed by atoms with Gasteiger partial charge < -0.3 is 29.3 Å². The zero-order chi connectivity index (χ0) is 32.9. The minimum atomic E-state index is -1.43. The normalized spacial score (nSPS) is 27.3. The summed E-state index contributed by atoms with van der Waals surface area (Å²) in [6.07, 6.45) is 6.73. The summed E-state index contributed by atoms with van der Waals surface area (Å²) in [5.74, 6) is -2.14. The average molecular weight is 634 g/mol. The van der Waals surface area contributed by atoms with Crippen molar-refractivity contribution in [2.75, 3.05) is 36.1 Å². The molecule has 0 bridgehead atoms. The standard InChI is InChI=1S/C38H39N3O6/c1-4-46-28-17-15-27(16-18-28)39-20-8-12-31-32(35(39)43)33-36(44)41(30(23-42)26-10-6-5-7-11-26)34-37(45)40(21-9-19-38(33,34)47-31)29-22-24(2)13-14-25(29)3/h5-19,22,30-34,42H,4,20-21,23H2,1-3H3/t30-,31-,32+,33+,34?,38+/m1/s1. The number of carbonyl (C=O) groups is 3. The van der Waals surface area contributed by atoms with E-state index in [1.807, 2.05) is 118 Å². The van der Waals surface area contributed by atoms with Gasteiger partial charge in [0.1, 0.15) is 17.4 Å². The molecular weight excluding hydrogens is 594 g/mol. The number of hydrogen-bond donors (Lipinski definition) is 1. The van der Waals surface area contributed by atoms with Gasteiger partial charge in [-0.3, -0.25) is 14.4 Å². The number of aliphatic hydroxyl groups excluding tert-OH is 1. The van der Waals surface area contributed by atoms with Gasteiger partial charge in [-0.1, -0.05) is 66.8 Å². The third-order valence-electron chi connectivity index (χ3n) is 9.90. The molecule has 0 saturated carbocycles. The highest BCUT2D eigenvalue weighted by Gasteiger charge is 2.72. The Hall–Kier alpha value is -4.73. The number of aliphatic hydroxyl groups is 1. The largest absolute Gasteiger partial charge is 0.494 e. The van der Waals surface area contributed by atoms with Crippen LogP contribution in [0, 0.1) is 25.7 Å². The number of aryl methyl sites for hydroxylation is 2. The van der Waals surface area contributed by atoms with Crippen molar-refractivity contribution in [3.05, 3.63) is 114 Å². The summed E-state index contributed by atoms with van der Waals surface area (Å²) in [5.41, 5.74) is 2.61. The van der Waals surface area contributed by atoms with Crippen molar-refractivity contribution >= 4 is 29.1 Å². The van der Waals surface area contributed by atoms with Crippen LogP contribution in [0.5, 0.6) is 5.75 Å². The Labute approximate surface area is 274 Å². The van der Waals surface area contributed by atoms with E-state index < -0.39 is 42.2 Å². The molecule has 2 fully saturated rings. The topological polar surface area (TPSA) is 99.6 Å². The molecule has 0 aromatic heterocycles. The second-order valence-electron chi connectivity index (χ2n) is 12.6. The lowest BCUT2D eigenvalue weighted by Gasteiger charge is -2.39. The quantitative estimate of drug-likeness (QED) is 0.384. The van der Waals surface area contributed by atoms with Crippen molar-refractivity contribution in [2.24, 2.45) is 11.8 Å². The Morgan fingerprint density at radius 1 is 0.915 bits per heavy atom. The molecule has 3 aromatic rings. The van der Waals surface area contributed by atoms with Crippen LogP contribution in [0.2, 0.25) is 0 Å². The van der Waals surface area contributed by atoms with Gasteiger partial charge in [0.15, 0.2) is 0 Å². The number of fused-ring (bicyclic) bond motifs is 2. The monoisotopic (exact) mass is 633 g/mol. The number of rotatable bonds is 7. The van der Waals surface area contributed by atoms with Crippen LogP contribution in [-0.4, -0.2) is 71.8 Å². The SMILES string of the molecule is CCOc1ccc(N2CC=C[C@H]3O[C@]45C=CCN(c6cc(C)ccc6C)C(=O)C4N([C@H](CO)c4ccccc4)C(=O)[C@@H]5[C@H]3C2=O)cc1. The Kier molecular flexibility index (Phi) is 7.98. The Balaban J connectivity index is 1.35. The summed E-state index contributed by atoms with van der Waals surface area (Å²) >= 11 is 0. The first-order valence-corrected chi connectivity index (χ1v) is 16.2. The highest BCUT2D eigenvalue weighted by atomic mass is 16.5. The van der Waals surface area contributed by atoms with Gasteiger partial charge >= 0.3 is 0 Å². The van der Waals surface area contributed by atoms with E-state index in [0.29, 0.717) is 30.2 Å². The van der Waals surface area contributed by atoms with Gasteiger partial charge in [0.05, 0.1) is 37.2 Å². The molecule has 1 N–H and O–H groups in total. The van der Waals surface area contributed by atoms with Crippen molar-refractivity contribution in [3.8, 4) is 5.75 Å². The maximum Gasteiger partial charge on any atom is 0.253 e. The minimum Gasteiger partial charge on any atom is -0.494 e. The molecule has 9 heteroatoms. The van der Waals surface area contributed by atoms with Crippen LogP contribution in [0.25, 0.3) is 0 Å². The summed E-state index contributed by atoms with van der Waals surface area (Å²) in [6, 6.07) is 20.5. The summed E-state index contributed by atoms with van der Waals surface area (Å²) in [7, 11) is 0. The van der Waals surface area contributed by atoms with Crippen molar-refractivity contribution in [1.29, 1.82) is 0 Å². The Morgan fingerprint density at radius 3 is 2.38 bits per heavy atom. The molecule has 7 rings (SSSR count). The van der Waals surface area contributed by atoms with Gasteiger partial charge in [-0.2, -0.15) is 0 Å². The lowest BCUT2D eigenvalue weighted by molar-refractivity contribution is -0.144. The van der Waals surface area contributed by atoms with E-state index in [1.54, 1.807) is 9.80 Å². The first kappa shape index (κ1) is 30.9. The fraction of sp³-hybridized carbons (Fsp3) is 0.342. The number of hydrogen-bond acceptors (Lipinski definition) is 6. The van der Waals surface area contributed by atoms with E-state index in [-0.39, 0.29) is 24.3 Å². The smallest absolute Gasteiger partial charge is 0.253 e. The van der Waals surface area contributed by atoms with Crippen molar-refractivity contribution in [2.45, 2.75) is 44.6 Å². The van der Waals surface area contributed by atoms with Gasteiger partial charge in [-0.25, -0.2) is 0 Å². The van der Waals surface area contributed by atoms with Crippen LogP contribution in [0.4, 0.5) is 11.4 Å². The summed E-state index contributed by atoms with van der Waals surface area (Å²) in [6.45, 7) is 6.54. The van der Waals surface area contributed by atoms with Gasteiger partial charge in [0.25, 0.3) is 5.91 Å². The van der Waals surface area contributed by atoms with Crippen LogP contribution in [0.15, 0.2) is 97.1 Å². The van der Waals surface area contributed by atoms with Crippen LogP contribution in [0.1, 0.15) is 29.7 Å². The molecule has 2 saturated heterocycles. The van der Waals surface area contributed by atoms with E-state index in [2.05, 4.69) is 0 Å². The maximum absolute atomic E-state index is 15.0. The molecule has 3 amide bonds. The fourth-order valence-corrected chi connectivity index (χ4v) is 7.79. The summed E-state index contributed by atoms with van der Waals surface area (Å²) < 4.78 is 12.5. The van der Waals surface area contributed by atoms with E-state index in [1.165, 1.54) is 4.90 Å². The number of likely N-dealkylation sites (tertiary alicyclic amines) is 1. The Morgan fingerprint density at radius 2 is 1.66 bits per heavy atom. The van der Waals surface area contributed by atoms with E-state index in [0.717, 1.165) is 16.8 Å². The number of benzene rings is 3. The van der Waals surface area contributed by atoms with E-state index in [9.17, 15) is 19.5 Å². The van der Waals surface area contributed by atoms with Crippen molar-refractivity contribution < 1.29 is 29.0 Å². The molecule has 9 nitrogen and oxygen atoms in total. The fourth-order valence-electron chi connectivity index (χ4n) is 7.79. The lowest BCUT2D eigenvalue weighted by atomic mass is 9.77. The molecule has 47 heavy (non-hydrogen) atoms. The first-order chi connectivity index (χ1) is 22.8. The molecule has 4 aliphatic rings. The molecule has 4 heterocycles. The zero-order valence-electron chi connectivity index (χ0n) is 26.8. The first-order valence-electron chi connectivity index (χ1n) is 16.2. The molecular formula is C38H39N3O6. The number of amides is 3. The second-order valence-corrected chi connectivity index (χ2v) is 12.6. The number of nitrogens with zero attached hydrogens (tertiary/aromatic N) is 3. The van der Waals surface area contributed by atoms with Crippen molar-refractivity contribution in [3.63, 3.8) is 0 Å². The third kappa shape index (κ3) is 4.96. The molecule has 0 radical (unpaired) electrons. The molecule has 4 aliphatic heterocycles.